The number of nitrogens with one attached hydrogen (secondary N) is 1. The van der Waals surface area contributed by atoms with E-state index in [4.69, 9.17) is 9.47 Å². The molecule has 0 radical (unpaired) electrons. The van der Waals surface area contributed by atoms with Gasteiger partial charge < -0.3 is 14.4 Å². The van der Waals surface area contributed by atoms with Crippen LogP contribution in [0.1, 0.15) is 59.9 Å². The summed E-state index contributed by atoms with van der Waals surface area (Å²) in [5.41, 5.74) is 0.453. The van der Waals surface area contributed by atoms with Crippen LogP contribution in [0, 0.1) is 0 Å². The second-order valence-electron chi connectivity index (χ2n) is 9.71. The molecule has 0 spiro atoms. The summed E-state index contributed by atoms with van der Waals surface area (Å²) in [4.78, 5) is 64.5. The summed E-state index contributed by atoms with van der Waals surface area (Å²) in [7, 11) is 1.64. The Morgan fingerprint density at radius 3 is 2.39 bits per heavy atom. The van der Waals surface area contributed by atoms with Gasteiger partial charge in [-0.25, -0.2) is 4.79 Å². The van der Waals surface area contributed by atoms with Gasteiger partial charge in [-0.15, -0.1) is 0 Å². The lowest BCUT2D eigenvalue weighted by atomic mass is 10.0. The lowest BCUT2D eigenvalue weighted by Crippen LogP contribution is -2.54. The molecule has 1 unspecified atom stereocenters. The Balaban J connectivity index is 1.49. The third-order valence-electron chi connectivity index (χ3n) is 5.71. The molecule has 2 aliphatic heterocycles. The fraction of sp³-hybridized carbons (Fsp3) is 0.346. The van der Waals surface area contributed by atoms with E-state index in [1.165, 1.54) is 11.0 Å². The standard InChI is InChI=1S/C26H27N3O7/c1-26(2,3)36-25(34)28(4)14-15-8-10-16(11-9-15)35-19-7-5-6-17-21(19)24(33)29(23(17)32)18-12-13-20(30)27-22(18)31/h5-11,18H,12-14H2,1-4H3,(H,27,30,31). The molecule has 0 aliphatic carbocycles. The van der Waals surface area contributed by atoms with Crippen LogP contribution >= 0.6 is 0 Å². The first-order valence-electron chi connectivity index (χ1n) is 11.5. The predicted molar refractivity (Wildman–Crippen MR) is 127 cm³/mol. The minimum atomic E-state index is -1.05. The molecule has 0 saturated carbocycles. The number of ether oxygens (including phenoxy) is 2. The summed E-state index contributed by atoms with van der Waals surface area (Å²) < 4.78 is 11.3. The Labute approximate surface area is 208 Å². The van der Waals surface area contributed by atoms with Gasteiger partial charge in [-0.2, -0.15) is 0 Å². The highest BCUT2D eigenvalue weighted by Gasteiger charge is 2.46. The number of piperidine rings is 1. The maximum atomic E-state index is 13.2. The van der Waals surface area contributed by atoms with Crippen molar-refractivity contribution in [2.45, 2.75) is 51.8 Å². The van der Waals surface area contributed by atoms with E-state index in [0.717, 1.165) is 10.5 Å². The number of amides is 5. The molecule has 2 aromatic carbocycles. The van der Waals surface area contributed by atoms with Crippen LogP contribution in [0.5, 0.6) is 11.5 Å². The van der Waals surface area contributed by atoms with Gasteiger partial charge in [0, 0.05) is 20.0 Å². The van der Waals surface area contributed by atoms with Gasteiger partial charge in [0.05, 0.1) is 11.1 Å². The molecule has 2 aromatic rings. The molecular weight excluding hydrogens is 466 g/mol. The average molecular weight is 494 g/mol. The molecule has 1 saturated heterocycles. The third-order valence-corrected chi connectivity index (χ3v) is 5.71. The molecule has 2 aliphatic rings. The van der Waals surface area contributed by atoms with Crippen molar-refractivity contribution < 1.29 is 33.4 Å². The van der Waals surface area contributed by atoms with E-state index in [1.807, 2.05) is 0 Å². The largest absolute Gasteiger partial charge is 0.457 e. The summed E-state index contributed by atoms with van der Waals surface area (Å²) in [6.07, 6.45) is -0.319. The highest BCUT2D eigenvalue weighted by molar-refractivity contribution is 6.24. The number of fused-ring (bicyclic) bond motifs is 1. The van der Waals surface area contributed by atoms with Gasteiger partial charge in [-0.1, -0.05) is 18.2 Å². The summed E-state index contributed by atoms with van der Waals surface area (Å²) in [6, 6.07) is 10.6. The van der Waals surface area contributed by atoms with Gasteiger partial charge in [0.25, 0.3) is 11.8 Å². The summed E-state index contributed by atoms with van der Waals surface area (Å²) in [5.74, 6) is -1.75. The van der Waals surface area contributed by atoms with Crippen molar-refractivity contribution in [2.24, 2.45) is 0 Å². The zero-order valence-electron chi connectivity index (χ0n) is 20.5. The summed E-state index contributed by atoms with van der Waals surface area (Å²) in [5, 5.41) is 2.18. The van der Waals surface area contributed by atoms with E-state index in [0.29, 0.717) is 12.3 Å². The van der Waals surface area contributed by atoms with Crippen molar-refractivity contribution in [1.82, 2.24) is 15.1 Å². The second-order valence-corrected chi connectivity index (χ2v) is 9.71. The number of benzene rings is 2. The number of carbonyl (C=O) groups excluding carboxylic acids is 5. The van der Waals surface area contributed by atoms with E-state index in [1.54, 1.807) is 64.2 Å². The van der Waals surface area contributed by atoms with Crippen molar-refractivity contribution >= 4 is 29.7 Å². The maximum Gasteiger partial charge on any atom is 0.410 e. The molecule has 36 heavy (non-hydrogen) atoms. The van der Waals surface area contributed by atoms with Crippen LogP contribution in [0.15, 0.2) is 42.5 Å². The van der Waals surface area contributed by atoms with Crippen LogP contribution in [-0.2, 0) is 20.9 Å². The number of hydrogen-bond donors (Lipinski definition) is 1. The SMILES string of the molecule is CN(Cc1ccc(Oc2cccc3c2C(=O)N(C2CCC(=O)NC2=O)C3=O)cc1)C(=O)OC(C)(C)C. The molecule has 1 fully saturated rings. The molecule has 1 atom stereocenters. The highest BCUT2D eigenvalue weighted by Crippen LogP contribution is 2.35. The molecule has 188 valence electrons. The topological polar surface area (TPSA) is 122 Å². The van der Waals surface area contributed by atoms with Gasteiger partial charge in [-0.05, 0) is 57.0 Å². The Morgan fingerprint density at radius 2 is 1.75 bits per heavy atom. The zero-order chi connectivity index (χ0) is 26.2. The van der Waals surface area contributed by atoms with Crippen molar-refractivity contribution in [3.05, 3.63) is 59.2 Å². The molecule has 10 heteroatoms. The van der Waals surface area contributed by atoms with Gasteiger partial charge in [-0.3, -0.25) is 29.4 Å². The molecule has 0 aromatic heterocycles. The van der Waals surface area contributed by atoms with Gasteiger partial charge in [0.1, 0.15) is 23.1 Å². The number of hydrogen-bond acceptors (Lipinski definition) is 7. The van der Waals surface area contributed by atoms with Gasteiger partial charge >= 0.3 is 6.09 Å². The molecular formula is C26H27N3O7. The molecule has 1 N–H and O–H groups in total. The van der Waals surface area contributed by atoms with Gasteiger partial charge in [0.2, 0.25) is 11.8 Å². The summed E-state index contributed by atoms with van der Waals surface area (Å²) in [6.45, 7) is 5.72. The van der Waals surface area contributed by atoms with Crippen molar-refractivity contribution in [1.29, 1.82) is 0 Å². The van der Waals surface area contributed by atoms with Crippen LogP contribution in [-0.4, -0.2) is 58.2 Å². The van der Waals surface area contributed by atoms with E-state index >= 15 is 0 Å². The first-order valence-corrected chi connectivity index (χ1v) is 11.5. The quantitative estimate of drug-likeness (QED) is 0.635. The fourth-order valence-corrected chi connectivity index (χ4v) is 4.04. The Bertz CT molecular complexity index is 1250. The Hall–Kier alpha value is -4.21. The van der Waals surface area contributed by atoms with Crippen molar-refractivity contribution in [3.8, 4) is 11.5 Å². The van der Waals surface area contributed by atoms with Crippen molar-refractivity contribution in [2.75, 3.05) is 7.05 Å². The highest BCUT2D eigenvalue weighted by atomic mass is 16.6. The van der Waals surface area contributed by atoms with E-state index in [-0.39, 0.29) is 29.7 Å². The Morgan fingerprint density at radius 1 is 1.06 bits per heavy atom. The molecule has 5 amide bonds. The molecule has 2 heterocycles. The van der Waals surface area contributed by atoms with Crippen LogP contribution in [0.2, 0.25) is 0 Å². The van der Waals surface area contributed by atoms with Crippen LogP contribution < -0.4 is 10.1 Å². The van der Waals surface area contributed by atoms with E-state index in [2.05, 4.69) is 5.32 Å². The van der Waals surface area contributed by atoms with Crippen LogP contribution in [0.3, 0.4) is 0 Å². The fourth-order valence-electron chi connectivity index (χ4n) is 4.04. The lowest BCUT2D eigenvalue weighted by molar-refractivity contribution is -0.136. The zero-order valence-corrected chi connectivity index (χ0v) is 20.5. The number of nitrogens with zero attached hydrogens (tertiary/aromatic N) is 2. The first kappa shape index (κ1) is 24.9. The number of rotatable bonds is 5. The normalized spacial score (nSPS) is 17.6. The smallest absolute Gasteiger partial charge is 0.410 e. The van der Waals surface area contributed by atoms with Gasteiger partial charge in [0.15, 0.2) is 0 Å². The minimum absolute atomic E-state index is 0.0443. The third kappa shape index (κ3) is 5.07. The first-order chi connectivity index (χ1) is 16.9. The predicted octanol–water partition coefficient (Wildman–Crippen LogP) is 3.25. The maximum absolute atomic E-state index is 13.2. The molecule has 10 nitrogen and oxygen atoms in total. The van der Waals surface area contributed by atoms with E-state index < -0.39 is 41.4 Å². The number of imide groups is 2. The monoisotopic (exact) mass is 493 g/mol. The lowest BCUT2D eigenvalue weighted by Gasteiger charge is -2.27. The Kier molecular flexibility index (Phi) is 6.53. The second kappa shape index (κ2) is 9.44. The molecule has 0 bridgehead atoms. The molecule has 4 rings (SSSR count). The average Bonchev–Trinajstić information content (AvgIpc) is 3.05. The number of carbonyl (C=O) groups is 5. The van der Waals surface area contributed by atoms with Crippen LogP contribution in [0.25, 0.3) is 0 Å². The van der Waals surface area contributed by atoms with E-state index in [9.17, 15) is 24.0 Å². The van der Waals surface area contributed by atoms with Crippen LogP contribution in [0.4, 0.5) is 4.79 Å². The summed E-state index contributed by atoms with van der Waals surface area (Å²) >= 11 is 0. The van der Waals surface area contributed by atoms with Crippen molar-refractivity contribution in [3.63, 3.8) is 0 Å². The minimum Gasteiger partial charge on any atom is -0.457 e.